The summed E-state index contributed by atoms with van der Waals surface area (Å²) in [6.45, 7) is -0.160. The van der Waals surface area contributed by atoms with Crippen molar-refractivity contribution in [2.24, 2.45) is 11.1 Å². The van der Waals surface area contributed by atoms with E-state index in [0.717, 1.165) is 38.0 Å². The standard InChI is InChI=1S/C22H23F3IN3O4/c23-17-10-15(26)5-6-18(17)28-21-16(22(31)29-33-12-13-3-1-2-4-13)9-14(19(24)20(21)25)11-27-32-8-7-30/h5-6,9-11,13,28,30H,1-4,7-8,12H2,(H,29,31). The zero-order valence-corrected chi connectivity index (χ0v) is 19.7. The molecule has 0 spiro atoms. The van der Waals surface area contributed by atoms with Crippen LogP contribution in [0.5, 0.6) is 0 Å². The van der Waals surface area contributed by atoms with Crippen molar-refractivity contribution in [1.29, 1.82) is 0 Å². The van der Waals surface area contributed by atoms with E-state index in [4.69, 9.17) is 14.8 Å². The molecule has 1 saturated carbocycles. The number of hydrogen-bond acceptors (Lipinski definition) is 6. The van der Waals surface area contributed by atoms with Crippen molar-refractivity contribution in [1.82, 2.24) is 5.48 Å². The maximum Gasteiger partial charge on any atom is 0.277 e. The van der Waals surface area contributed by atoms with Gasteiger partial charge in [-0.25, -0.2) is 18.7 Å². The minimum atomic E-state index is -1.40. The summed E-state index contributed by atoms with van der Waals surface area (Å²) in [6, 6.07) is 5.18. The van der Waals surface area contributed by atoms with Gasteiger partial charge in [0.15, 0.2) is 11.6 Å². The number of rotatable bonds is 10. The molecule has 3 rings (SSSR count). The molecule has 0 aliphatic heterocycles. The van der Waals surface area contributed by atoms with Crippen molar-refractivity contribution in [2.75, 3.05) is 25.1 Å². The lowest BCUT2D eigenvalue weighted by Crippen LogP contribution is -2.27. The summed E-state index contributed by atoms with van der Waals surface area (Å²) in [5.74, 6) is -3.94. The Morgan fingerprint density at radius 2 is 1.97 bits per heavy atom. The molecule has 1 fully saturated rings. The normalized spacial score (nSPS) is 14.1. The number of hydroxylamine groups is 1. The van der Waals surface area contributed by atoms with Crippen LogP contribution < -0.4 is 10.8 Å². The number of carbonyl (C=O) groups excluding carboxylic acids is 1. The SMILES string of the molecule is O=C(NOCC1CCCC1)c1cc(C=NOCCO)c(F)c(F)c1Nc1ccc(I)cc1F. The van der Waals surface area contributed by atoms with Crippen molar-refractivity contribution in [3.05, 3.63) is 56.4 Å². The summed E-state index contributed by atoms with van der Waals surface area (Å²) in [6.07, 6.45) is 5.06. The van der Waals surface area contributed by atoms with E-state index in [0.29, 0.717) is 16.1 Å². The Bertz CT molecular complexity index is 1020. The highest BCUT2D eigenvalue weighted by Gasteiger charge is 2.24. The third-order valence-corrected chi connectivity index (χ3v) is 5.75. The van der Waals surface area contributed by atoms with E-state index in [1.165, 1.54) is 12.1 Å². The fraction of sp³-hybridized carbons (Fsp3) is 0.364. The highest BCUT2D eigenvalue weighted by molar-refractivity contribution is 14.1. The van der Waals surface area contributed by atoms with Crippen LogP contribution in [-0.2, 0) is 9.68 Å². The van der Waals surface area contributed by atoms with Crippen LogP contribution in [0, 0.1) is 26.9 Å². The zero-order chi connectivity index (χ0) is 23.8. The molecule has 0 heterocycles. The molecule has 33 heavy (non-hydrogen) atoms. The Morgan fingerprint density at radius 3 is 2.67 bits per heavy atom. The molecule has 3 N–H and O–H groups in total. The largest absolute Gasteiger partial charge is 0.393 e. The summed E-state index contributed by atoms with van der Waals surface area (Å²) >= 11 is 1.91. The number of anilines is 2. The van der Waals surface area contributed by atoms with E-state index < -0.39 is 29.0 Å². The quantitative estimate of drug-likeness (QED) is 0.166. The van der Waals surface area contributed by atoms with Gasteiger partial charge in [0.05, 0.1) is 36.4 Å². The van der Waals surface area contributed by atoms with E-state index in [-0.39, 0.29) is 30.0 Å². The number of benzene rings is 2. The Kier molecular flexibility index (Phi) is 9.32. The third kappa shape index (κ3) is 6.81. The highest BCUT2D eigenvalue weighted by Crippen LogP contribution is 2.30. The van der Waals surface area contributed by atoms with Crippen molar-refractivity contribution in [3.8, 4) is 0 Å². The average Bonchev–Trinajstić information content (AvgIpc) is 3.30. The Labute approximate surface area is 202 Å². The molecule has 0 aromatic heterocycles. The van der Waals surface area contributed by atoms with Gasteiger partial charge in [0, 0.05) is 9.13 Å². The van der Waals surface area contributed by atoms with Crippen molar-refractivity contribution >= 4 is 46.1 Å². The first-order chi connectivity index (χ1) is 15.9. The summed E-state index contributed by atoms with van der Waals surface area (Å²) in [4.78, 5) is 22.8. The fourth-order valence-electron chi connectivity index (χ4n) is 3.41. The van der Waals surface area contributed by atoms with Crippen LogP contribution >= 0.6 is 22.6 Å². The molecular weight excluding hydrogens is 554 g/mol. The molecule has 0 saturated heterocycles. The van der Waals surface area contributed by atoms with Gasteiger partial charge in [-0.2, -0.15) is 0 Å². The molecule has 2 aromatic rings. The lowest BCUT2D eigenvalue weighted by atomic mass is 10.1. The van der Waals surface area contributed by atoms with Gasteiger partial charge in [-0.15, -0.1) is 0 Å². The molecule has 0 atom stereocenters. The predicted molar refractivity (Wildman–Crippen MR) is 125 cm³/mol. The Morgan fingerprint density at radius 1 is 1.21 bits per heavy atom. The maximum atomic E-state index is 15.0. The topological polar surface area (TPSA) is 92.2 Å². The molecule has 1 aliphatic rings. The Hall–Kier alpha value is -2.38. The van der Waals surface area contributed by atoms with Gasteiger partial charge in [-0.1, -0.05) is 18.0 Å². The smallest absolute Gasteiger partial charge is 0.277 e. The number of oxime groups is 1. The minimum absolute atomic E-state index is 0.137. The van der Waals surface area contributed by atoms with Gasteiger partial charge in [0.25, 0.3) is 5.91 Å². The number of aliphatic hydroxyl groups excluding tert-OH is 1. The number of carbonyl (C=O) groups is 1. The number of amides is 1. The van der Waals surface area contributed by atoms with E-state index in [1.807, 2.05) is 22.6 Å². The summed E-state index contributed by atoms with van der Waals surface area (Å²) in [5.41, 5.74) is 0.872. The molecule has 178 valence electrons. The first kappa shape index (κ1) is 25.2. The molecular formula is C22H23F3IN3O4. The number of hydrogen-bond donors (Lipinski definition) is 3. The van der Waals surface area contributed by atoms with Gasteiger partial charge in [0.1, 0.15) is 12.4 Å². The van der Waals surface area contributed by atoms with Gasteiger partial charge in [-0.05, 0) is 65.6 Å². The van der Waals surface area contributed by atoms with Crippen molar-refractivity contribution in [3.63, 3.8) is 0 Å². The van der Waals surface area contributed by atoms with Crippen LogP contribution in [0.2, 0.25) is 0 Å². The Balaban J connectivity index is 1.90. The van der Waals surface area contributed by atoms with Gasteiger partial charge >= 0.3 is 0 Å². The van der Waals surface area contributed by atoms with Crippen molar-refractivity contribution in [2.45, 2.75) is 25.7 Å². The van der Waals surface area contributed by atoms with Crippen molar-refractivity contribution < 1.29 is 32.7 Å². The van der Waals surface area contributed by atoms with E-state index in [2.05, 4.69) is 16.0 Å². The zero-order valence-electron chi connectivity index (χ0n) is 17.5. The summed E-state index contributed by atoms with van der Waals surface area (Å²) in [7, 11) is 0. The molecule has 2 aromatic carbocycles. The van der Waals surface area contributed by atoms with Crippen LogP contribution in [0.15, 0.2) is 29.4 Å². The average molecular weight is 577 g/mol. The van der Waals surface area contributed by atoms with Gasteiger partial charge in [0.2, 0.25) is 0 Å². The lowest BCUT2D eigenvalue weighted by Gasteiger charge is -2.16. The number of halogens is 4. The monoisotopic (exact) mass is 577 g/mol. The van der Waals surface area contributed by atoms with Gasteiger partial charge < -0.3 is 15.3 Å². The van der Waals surface area contributed by atoms with Gasteiger partial charge in [-0.3, -0.25) is 9.63 Å². The molecule has 0 bridgehead atoms. The number of nitrogens with one attached hydrogen (secondary N) is 2. The van der Waals surface area contributed by atoms with Crippen LogP contribution in [0.1, 0.15) is 41.6 Å². The van der Waals surface area contributed by atoms with E-state index >= 15 is 0 Å². The second-order valence-corrected chi connectivity index (χ2v) is 8.70. The van der Waals surface area contributed by atoms with E-state index in [1.54, 1.807) is 6.07 Å². The maximum absolute atomic E-state index is 15.0. The number of nitrogens with zero attached hydrogens (tertiary/aromatic N) is 1. The number of aliphatic hydroxyl groups is 1. The lowest BCUT2D eigenvalue weighted by molar-refractivity contribution is 0.0171. The first-order valence-electron chi connectivity index (χ1n) is 10.3. The predicted octanol–water partition coefficient (Wildman–Crippen LogP) is 4.65. The molecule has 1 aliphatic carbocycles. The van der Waals surface area contributed by atoms with Crippen LogP contribution in [-0.4, -0.2) is 37.0 Å². The second-order valence-electron chi connectivity index (χ2n) is 7.45. The summed E-state index contributed by atoms with van der Waals surface area (Å²) < 4.78 is 44.6. The first-order valence-corrected chi connectivity index (χ1v) is 11.4. The molecule has 7 nitrogen and oxygen atoms in total. The second kappa shape index (κ2) is 12.2. The fourth-order valence-corrected chi connectivity index (χ4v) is 3.86. The van der Waals surface area contributed by atoms with E-state index in [9.17, 15) is 18.0 Å². The molecule has 11 heteroatoms. The molecule has 1 amide bonds. The minimum Gasteiger partial charge on any atom is -0.393 e. The third-order valence-electron chi connectivity index (χ3n) is 5.08. The highest BCUT2D eigenvalue weighted by atomic mass is 127. The molecule has 0 unspecified atom stereocenters. The molecule has 0 radical (unpaired) electrons. The van der Waals surface area contributed by atoms with Crippen LogP contribution in [0.3, 0.4) is 0 Å². The summed E-state index contributed by atoms with van der Waals surface area (Å²) in [5, 5.41) is 14.6. The van der Waals surface area contributed by atoms with Crippen LogP contribution in [0.25, 0.3) is 0 Å². The van der Waals surface area contributed by atoms with Crippen LogP contribution in [0.4, 0.5) is 24.5 Å².